The number of pyridine rings is 1. The standard InChI is InChI=1S/C22H17F3N2O4/c1-12-16-8-9-27(13-4-6-14(7-5-13)31-21(28)22(23,24)25)20(16)17-10-15(29-2)11-18(30-3)19(17)26-12/h4-11H,1-3H3. The number of carbonyl (C=O) groups excluding carboxylic acids is 1. The van der Waals surface area contributed by atoms with Gasteiger partial charge in [-0.2, -0.15) is 13.2 Å². The molecule has 0 bridgehead atoms. The van der Waals surface area contributed by atoms with Crippen LogP contribution in [-0.4, -0.2) is 35.9 Å². The van der Waals surface area contributed by atoms with Gasteiger partial charge in [0.1, 0.15) is 22.8 Å². The molecule has 0 radical (unpaired) electrons. The molecule has 0 aliphatic heterocycles. The molecule has 0 amide bonds. The summed E-state index contributed by atoms with van der Waals surface area (Å²) < 4.78 is 54.4. The number of alkyl halides is 3. The summed E-state index contributed by atoms with van der Waals surface area (Å²) in [5.41, 5.74) is 2.94. The van der Waals surface area contributed by atoms with Crippen LogP contribution < -0.4 is 14.2 Å². The lowest BCUT2D eigenvalue weighted by Gasteiger charge is -2.13. The van der Waals surface area contributed by atoms with Crippen LogP contribution in [0.3, 0.4) is 0 Å². The van der Waals surface area contributed by atoms with Crippen molar-refractivity contribution in [2.45, 2.75) is 13.1 Å². The first kappa shape index (κ1) is 20.5. The molecule has 2 aromatic heterocycles. The highest BCUT2D eigenvalue weighted by Gasteiger charge is 2.41. The van der Waals surface area contributed by atoms with E-state index < -0.39 is 12.1 Å². The molecule has 0 atom stereocenters. The van der Waals surface area contributed by atoms with Crippen molar-refractivity contribution in [2.75, 3.05) is 14.2 Å². The summed E-state index contributed by atoms with van der Waals surface area (Å²) in [5.74, 6) is -1.31. The Bertz CT molecular complexity index is 1290. The highest BCUT2D eigenvalue weighted by molar-refractivity contribution is 6.08. The maximum atomic E-state index is 12.4. The Hall–Kier alpha value is -3.75. The number of esters is 1. The molecule has 2 heterocycles. The predicted octanol–water partition coefficient (Wildman–Crippen LogP) is 4.97. The number of fused-ring (bicyclic) bond motifs is 3. The van der Waals surface area contributed by atoms with E-state index >= 15 is 0 Å². The second-order valence-corrected chi connectivity index (χ2v) is 6.75. The molecule has 0 spiro atoms. The zero-order valence-corrected chi connectivity index (χ0v) is 16.8. The molecule has 2 aromatic carbocycles. The summed E-state index contributed by atoms with van der Waals surface area (Å²) in [4.78, 5) is 15.7. The maximum Gasteiger partial charge on any atom is 0.491 e. The number of benzene rings is 2. The van der Waals surface area contributed by atoms with Crippen molar-refractivity contribution >= 4 is 27.8 Å². The van der Waals surface area contributed by atoms with Crippen molar-refractivity contribution in [1.82, 2.24) is 9.55 Å². The fourth-order valence-electron chi connectivity index (χ4n) is 3.43. The Labute approximate surface area is 174 Å². The zero-order valence-electron chi connectivity index (χ0n) is 16.8. The third-order valence-electron chi connectivity index (χ3n) is 4.87. The van der Waals surface area contributed by atoms with Gasteiger partial charge in [0.05, 0.1) is 19.7 Å². The number of rotatable bonds is 4. The lowest BCUT2D eigenvalue weighted by molar-refractivity contribution is -0.189. The van der Waals surface area contributed by atoms with Gasteiger partial charge in [0, 0.05) is 34.4 Å². The van der Waals surface area contributed by atoms with Crippen LogP contribution in [0.5, 0.6) is 17.2 Å². The number of halogens is 3. The lowest BCUT2D eigenvalue weighted by atomic mass is 10.1. The Balaban J connectivity index is 1.86. The van der Waals surface area contributed by atoms with Crippen LogP contribution in [0, 0.1) is 6.92 Å². The second kappa shape index (κ2) is 7.50. The van der Waals surface area contributed by atoms with Crippen molar-refractivity contribution in [3.63, 3.8) is 0 Å². The van der Waals surface area contributed by atoms with E-state index in [1.54, 1.807) is 32.4 Å². The van der Waals surface area contributed by atoms with Crippen LogP contribution in [-0.2, 0) is 4.79 Å². The molecular formula is C22H17F3N2O4. The molecule has 4 aromatic rings. The number of nitrogens with zero attached hydrogens (tertiary/aromatic N) is 2. The molecule has 0 aliphatic carbocycles. The monoisotopic (exact) mass is 430 g/mol. The van der Waals surface area contributed by atoms with Crippen LogP contribution in [0.1, 0.15) is 5.69 Å². The Morgan fingerprint density at radius 1 is 0.968 bits per heavy atom. The summed E-state index contributed by atoms with van der Waals surface area (Å²) in [6.45, 7) is 1.88. The van der Waals surface area contributed by atoms with Gasteiger partial charge in [0.15, 0.2) is 0 Å². The van der Waals surface area contributed by atoms with Gasteiger partial charge >= 0.3 is 12.1 Å². The van der Waals surface area contributed by atoms with Crippen molar-refractivity contribution in [3.8, 4) is 22.9 Å². The van der Waals surface area contributed by atoms with Gasteiger partial charge in [0.2, 0.25) is 0 Å². The number of hydrogen-bond acceptors (Lipinski definition) is 5. The predicted molar refractivity (Wildman–Crippen MR) is 108 cm³/mol. The van der Waals surface area contributed by atoms with Crippen LogP contribution in [0.15, 0.2) is 48.7 Å². The minimum absolute atomic E-state index is 0.200. The van der Waals surface area contributed by atoms with Gasteiger partial charge in [-0.25, -0.2) is 9.78 Å². The summed E-state index contributed by atoms with van der Waals surface area (Å²) in [5, 5.41) is 1.68. The minimum atomic E-state index is -5.06. The smallest absolute Gasteiger partial charge is 0.491 e. The van der Waals surface area contributed by atoms with Gasteiger partial charge in [-0.05, 0) is 43.3 Å². The molecule has 0 N–H and O–H groups in total. The van der Waals surface area contributed by atoms with Gasteiger partial charge < -0.3 is 18.8 Å². The SMILES string of the molecule is COc1cc(OC)c2nc(C)c3ccn(-c4ccc(OC(=O)C(F)(F)F)cc4)c3c2c1. The molecular weight excluding hydrogens is 413 g/mol. The zero-order chi connectivity index (χ0) is 22.3. The summed E-state index contributed by atoms with van der Waals surface area (Å²) in [6, 6.07) is 11.3. The molecule has 0 saturated heterocycles. The summed E-state index contributed by atoms with van der Waals surface area (Å²) >= 11 is 0. The van der Waals surface area contributed by atoms with E-state index in [1.165, 1.54) is 12.1 Å². The third-order valence-corrected chi connectivity index (χ3v) is 4.87. The number of ether oxygens (including phenoxy) is 3. The normalized spacial score (nSPS) is 11.7. The fourth-order valence-corrected chi connectivity index (χ4v) is 3.43. The van der Waals surface area contributed by atoms with Crippen molar-refractivity contribution in [3.05, 3.63) is 54.4 Å². The second-order valence-electron chi connectivity index (χ2n) is 6.75. The molecule has 0 saturated carbocycles. The molecule has 0 aliphatic rings. The molecule has 4 rings (SSSR count). The Kier molecular flexibility index (Phi) is 4.96. The van der Waals surface area contributed by atoms with Crippen LogP contribution in [0.4, 0.5) is 13.2 Å². The van der Waals surface area contributed by atoms with Crippen LogP contribution in [0.2, 0.25) is 0 Å². The summed E-state index contributed by atoms with van der Waals surface area (Å²) in [7, 11) is 3.11. The first-order chi connectivity index (χ1) is 14.7. The first-order valence-corrected chi connectivity index (χ1v) is 9.15. The number of aromatic nitrogens is 2. The number of carbonyl (C=O) groups is 1. The molecule has 9 heteroatoms. The lowest BCUT2D eigenvalue weighted by Crippen LogP contribution is -2.27. The maximum absolute atomic E-state index is 12.4. The number of hydrogen-bond donors (Lipinski definition) is 0. The largest absolute Gasteiger partial charge is 0.497 e. The average molecular weight is 430 g/mol. The number of methoxy groups -OCH3 is 2. The topological polar surface area (TPSA) is 62.6 Å². The van der Waals surface area contributed by atoms with Gasteiger partial charge in [-0.1, -0.05) is 0 Å². The van der Waals surface area contributed by atoms with E-state index in [1.807, 2.05) is 29.8 Å². The van der Waals surface area contributed by atoms with E-state index in [2.05, 4.69) is 9.72 Å². The van der Waals surface area contributed by atoms with Crippen molar-refractivity contribution in [2.24, 2.45) is 0 Å². The van der Waals surface area contributed by atoms with E-state index in [9.17, 15) is 18.0 Å². The quantitative estimate of drug-likeness (QED) is 0.338. The van der Waals surface area contributed by atoms with E-state index in [-0.39, 0.29) is 5.75 Å². The molecule has 160 valence electrons. The third kappa shape index (κ3) is 3.63. The minimum Gasteiger partial charge on any atom is -0.497 e. The van der Waals surface area contributed by atoms with E-state index in [0.29, 0.717) is 22.7 Å². The molecule has 31 heavy (non-hydrogen) atoms. The highest BCUT2D eigenvalue weighted by Crippen LogP contribution is 2.37. The van der Waals surface area contributed by atoms with E-state index in [4.69, 9.17) is 9.47 Å². The fraction of sp³-hybridized carbons (Fsp3) is 0.182. The Morgan fingerprint density at radius 3 is 2.29 bits per heavy atom. The van der Waals surface area contributed by atoms with Crippen LogP contribution in [0.25, 0.3) is 27.5 Å². The van der Waals surface area contributed by atoms with E-state index in [0.717, 1.165) is 22.0 Å². The molecule has 6 nitrogen and oxygen atoms in total. The average Bonchev–Trinajstić information content (AvgIpc) is 3.19. The first-order valence-electron chi connectivity index (χ1n) is 9.15. The van der Waals surface area contributed by atoms with Crippen molar-refractivity contribution in [1.29, 1.82) is 0 Å². The Morgan fingerprint density at radius 2 is 1.68 bits per heavy atom. The molecule has 0 unspecified atom stereocenters. The van der Waals surface area contributed by atoms with Crippen molar-refractivity contribution < 1.29 is 32.2 Å². The van der Waals surface area contributed by atoms with Crippen LogP contribution >= 0.6 is 0 Å². The molecule has 0 fully saturated rings. The highest BCUT2D eigenvalue weighted by atomic mass is 19.4. The summed E-state index contributed by atoms with van der Waals surface area (Å²) in [6.07, 6.45) is -3.22. The van der Waals surface area contributed by atoms with Gasteiger partial charge in [0.25, 0.3) is 0 Å². The number of aryl methyl sites for hydroxylation is 1. The van der Waals surface area contributed by atoms with Gasteiger partial charge in [-0.15, -0.1) is 0 Å². The van der Waals surface area contributed by atoms with Gasteiger partial charge in [-0.3, -0.25) is 0 Å².